The van der Waals surface area contributed by atoms with E-state index in [9.17, 15) is 14.4 Å². The molecule has 0 bridgehead atoms. The molecule has 0 radical (unpaired) electrons. The minimum absolute atomic E-state index is 0.0274. The third-order valence-electron chi connectivity index (χ3n) is 13.6. The lowest BCUT2D eigenvalue weighted by atomic mass is 9.95. The second kappa shape index (κ2) is 69.5. The first-order chi connectivity index (χ1) is 39.2. The highest BCUT2D eigenvalue weighted by atomic mass is 16.5. The van der Waals surface area contributed by atoms with Crippen molar-refractivity contribution in [1.29, 1.82) is 0 Å². The van der Waals surface area contributed by atoms with Crippen LogP contribution in [-0.4, -0.2) is 154 Å². The number of cyclic esters (lactones) is 1. The Morgan fingerprint density at radius 3 is 1.43 bits per heavy atom. The Morgan fingerprint density at radius 2 is 1.00 bits per heavy atom. The molecule has 0 aliphatic carbocycles. The second-order valence-electron chi connectivity index (χ2n) is 23.9. The third kappa shape index (κ3) is 84.2. The van der Waals surface area contributed by atoms with Gasteiger partial charge in [-0.1, -0.05) is 122 Å². The monoisotopic (exact) mass is 1180 g/mol. The predicted molar refractivity (Wildman–Crippen MR) is 335 cm³/mol. The average molecular weight is 1180 g/mol. The van der Waals surface area contributed by atoms with E-state index < -0.39 is 5.97 Å². The Kier molecular flexibility index (Phi) is 75.0. The molecule has 1 aliphatic rings. The van der Waals surface area contributed by atoms with Gasteiger partial charge in [0.1, 0.15) is 0 Å². The SMILES string of the molecule is CC(C)=CCCC(C)CC(=O)O.CC(CCCC(C)(C)OCCCCCCO)CC(=O)OCCCCCCO.CC1CCCC(C)(C)OCCCCCCOC(=O)C1.OCCCCCCO.OCCCCCCO.OCCCCCCO. The highest BCUT2D eigenvalue weighted by molar-refractivity contribution is 5.70. The zero-order valence-corrected chi connectivity index (χ0v) is 54.4. The summed E-state index contributed by atoms with van der Waals surface area (Å²) in [5.74, 6) is 0.216. The zero-order valence-electron chi connectivity index (χ0n) is 54.4. The number of rotatable bonds is 39. The van der Waals surface area contributed by atoms with Crippen LogP contribution in [0.3, 0.4) is 0 Å². The van der Waals surface area contributed by atoms with Crippen LogP contribution in [0.2, 0.25) is 0 Å². The van der Waals surface area contributed by atoms with Crippen LogP contribution >= 0.6 is 0 Å². The van der Waals surface area contributed by atoms with Gasteiger partial charge in [0.25, 0.3) is 0 Å². The van der Waals surface area contributed by atoms with Crippen LogP contribution in [0, 0.1) is 17.8 Å². The molecular weight excluding hydrogens is 1050 g/mol. The number of carboxylic acids is 1. The van der Waals surface area contributed by atoms with E-state index in [4.69, 9.17) is 64.9 Å². The molecule has 0 spiro atoms. The summed E-state index contributed by atoms with van der Waals surface area (Å²) in [6, 6.07) is 0. The number of aliphatic carboxylic acids is 1. The van der Waals surface area contributed by atoms with Crippen LogP contribution in [-0.2, 0) is 33.3 Å². The van der Waals surface area contributed by atoms with E-state index in [2.05, 4.69) is 61.5 Å². The molecule has 82 heavy (non-hydrogen) atoms. The fourth-order valence-corrected chi connectivity index (χ4v) is 8.34. The summed E-state index contributed by atoms with van der Waals surface area (Å²) in [5.41, 5.74) is 1.16. The number of ether oxygens (including phenoxy) is 4. The number of carbonyl (C=O) groups excluding carboxylic acids is 2. The summed E-state index contributed by atoms with van der Waals surface area (Å²) in [7, 11) is 0. The number of aliphatic hydroxyl groups is 8. The largest absolute Gasteiger partial charge is 0.481 e. The summed E-state index contributed by atoms with van der Waals surface area (Å²) in [4.78, 5) is 33.8. The summed E-state index contributed by atoms with van der Waals surface area (Å²) in [5, 5.41) is 75.8. The molecule has 16 heteroatoms. The standard InChI is InChI=1S/C22H44O5.C16H30O3.C10H18O2.3C6H14O2/c1-20(19-21(25)26-17-10-6-4-8-15-23)13-12-14-22(2,3)27-18-11-7-5-9-16-24;1-14-9-8-10-16(2,3)19-12-7-5-4-6-11-18-15(17)13-14;1-8(2)5-4-6-9(3)7-10(11)12;3*7-5-3-1-2-4-6-8/h20,23-24H,4-19H2,1-3H3;14H,4-13H2,1-3H3;5,9H,4,6-7H2,1-3H3,(H,11,12);3*7-8H,1-6H2. The Balaban J connectivity index is -0.000000312. The first-order valence-corrected chi connectivity index (χ1v) is 32.5. The van der Waals surface area contributed by atoms with E-state index in [1.807, 2.05) is 6.92 Å². The fraction of sp³-hybridized carbons (Fsp3) is 0.924. The van der Waals surface area contributed by atoms with E-state index in [0.29, 0.717) is 37.9 Å². The van der Waals surface area contributed by atoms with Crippen molar-refractivity contribution in [3.05, 3.63) is 11.6 Å². The van der Waals surface area contributed by atoms with Crippen molar-refractivity contribution in [2.24, 2.45) is 17.8 Å². The number of hydrogen-bond acceptors (Lipinski definition) is 15. The Bertz CT molecular complexity index is 1280. The molecule has 1 aliphatic heterocycles. The maximum Gasteiger partial charge on any atom is 0.306 e. The lowest BCUT2D eigenvalue weighted by Gasteiger charge is -2.26. The van der Waals surface area contributed by atoms with Crippen LogP contribution in [0.5, 0.6) is 0 Å². The summed E-state index contributed by atoms with van der Waals surface area (Å²) < 4.78 is 22.5. The van der Waals surface area contributed by atoms with Crippen molar-refractivity contribution < 1.29 is 79.3 Å². The van der Waals surface area contributed by atoms with E-state index in [1.165, 1.54) is 5.57 Å². The summed E-state index contributed by atoms with van der Waals surface area (Å²) >= 11 is 0. The second-order valence-corrected chi connectivity index (χ2v) is 23.9. The third-order valence-corrected chi connectivity index (χ3v) is 13.6. The van der Waals surface area contributed by atoms with E-state index in [-0.39, 0.29) is 88.3 Å². The first-order valence-electron chi connectivity index (χ1n) is 32.5. The molecule has 0 aromatic rings. The smallest absolute Gasteiger partial charge is 0.306 e. The quantitative estimate of drug-likeness (QED) is 0.0157. The van der Waals surface area contributed by atoms with Crippen LogP contribution in [0.15, 0.2) is 11.6 Å². The molecule has 0 amide bonds. The highest BCUT2D eigenvalue weighted by Crippen LogP contribution is 2.24. The van der Waals surface area contributed by atoms with Crippen molar-refractivity contribution in [2.75, 3.05) is 79.3 Å². The Labute approximate surface area is 502 Å². The molecule has 1 rings (SSSR count). The van der Waals surface area contributed by atoms with Gasteiger partial charge in [0.2, 0.25) is 0 Å². The van der Waals surface area contributed by atoms with E-state index in [0.717, 1.165) is 219 Å². The lowest BCUT2D eigenvalue weighted by molar-refractivity contribution is -0.145. The molecule has 1 fully saturated rings. The van der Waals surface area contributed by atoms with Crippen molar-refractivity contribution >= 4 is 17.9 Å². The molecule has 1 heterocycles. The molecular formula is C66H134O16. The van der Waals surface area contributed by atoms with Crippen LogP contribution in [0.25, 0.3) is 0 Å². The number of unbranched alkanes of at least 4 members (excludes halogenated alkanes) is 15. The normalized spacial score (nSPS) is 15.4. The number of allylic oxidation sites excluding steroid dienone is 2. The van der Waals surface area contributed by atoms with Gasteiger partial charge in [0.05, 0.1) is 24.4 Å². The van der Waals surface area contributed by atoms with Crippen molar-refractivity contribution in [3.63, 3.8) is 0 Å². The first kappa shape index (κ1) is 88.5. The molecule has 494 valence electrons. The molecule has 0 saturated carbocycles. The van der Waals surface area contributed by atoms with Gasteiger partial charge < -0.3 is 64.9 Å². The van der Waals surface area contributed by atoms with Crippen LogP contribution in [0.4, 0.5) is 0 Å². The van der Waals surface area contributed by atoms with E-state index in [1.54, 1.807) is 0 Å². The lowest BCUT2D eigenvalue weighted by Crippen LogP contribution is -2.25. The van der Waals surface area contributed by atoms with Crippen molar-refractivity contribution in [1.82, 2.24) is 0 Å². The maximum absolute atomic E-state index is 11.8. The zero-order chi connectivity index (χ0) is 62.8. The van der Waals surface area contributed by atoms with Gasteiger partial charge in [-0.3, -0.25) is 14.4 Å². The van der Waals surface area contributed by atoms with Crippen LogP contribution < -0.4 is 0 Å². The topological polar surface area (TPSA) is 270 Å². The molecule has 16 nitrogen and oxygen atoms in total. The predicted octanol–water partition coefficient (Wildman–Crippen LogP) is 13.2. The number of esters is 2. The Hall–Kier alpha value is -2.25. The Morgan fingerprint density at radius 1 is 0.585 bits per heavy atom. The van der Waals surface area contributed by atoms with E-state index >= 15 is 0 Å². The van der Waals surface area contributed by atoms with Gasteiger partial charge in [-0.2, -0.15) is 0 Å². The van der Waals surface area contributed by atoms with Crippen LogP contribution in [0.1, 0.15) is 287 Å². The van der Waals surface area contributed by atoms with Gasteiger partial charge in [-0.15, -0.1) is 0 Å². The highest BCUT2D eigenvalue weighted by Gasteiger charge is 2.21. The maximum atomic E-state index is 11.8. The average Bonchev–Trinajstić information content (AvgIpc) is 3.41. The molecule has 3 unspecified atom stereocenters. The summed E-state index contributed by atoms with van der Waals surface area (Å²) in [6.07, 6.45) is 35.4. The van der Waals surface area contributed by atoms with Gasteiger partial charge in [-0.25, -0.2) is 0 Å². The van der Waals surface area contributed by atoms with Crippen molar-refractivity contribution in [3.8, 4) is 0 Å². The minimum Gasteiger partial charge on any atom is -0.481 e. The number of aliphatic hydroxyl groups excluding tert-OH is 8. The van der Waals surface area contributed by atoms with Crippen molar-refractivity contribution in [2.45, 2.75) is 298 Å². The molecule has 0 aromatic heterocycles. The van der Waals surface area contributed by atoms with Gasteiger partial charge in [0, 0.05) is 85.3 Å². The molecule has 1 saturated heterocycles. The molecule has 0 aromatic carbocycles. The van der Waals surface area contributed by atoms with Gasteiger partial charge in [0.15, 0.2) is 0 Å². The summed E-state index contributed by atoms with van der Waals surface area (Å²) in [6.45, 7) is 23.9. The molecule has 3 atom stereocenters. The molecule has 9 N–H and O–H groups in total. The number of carboxylic acid groups (broad SMARTS) is 1. The minimum atomic E-state index is -0.695. The van der Waals surface area contributed by atoms with Gasteiger partial charge in [-0.05, 0) is 175 Å². The van der Waals surface area contributed by atoms with Gasteiger partial charge >= 0.3 is 17.9 Å². The fourth-order valence-electron chi connectivity index (χ4n) is 8.34. The number of hydrogen-bond donors (Lipinski definition) is 9. The number of carbonyl (C=O) groups is 3.